The molecule has 0 saturated carbocycles. The summed E-state index contributed by atoms with van der Waals surface area (Å²) in [4.78, 5) is 29.5. The number of likely N-dealkylation sites (tertiary alicyclic amines) is 1. The number of rotatable bonds is 9. The van der Waals surface area contributed by atoms with Crippen LogP contribution in [0.4, 0.5) is 17.3 Å². The Balaban J connectivity index is 1.52. The Hall–Kier alpha value is -4.51. The molecule has 0 aliphatic carbocycles. The van der Waals surface area contributed by atoms with E-state index < -0.39 is 0 Å². The van der Waals surface area contributed by atoms with Crippen molar-refractivity contribution >= 4 is 34.6 Å². The molecule has 11 heteroatoms. The third-order valence-corrected chi connectivity index (χ3v) is 6.82. The van der Waals surface area contributed by atoms with E-state index in [1.54, 1.807) is 10.8 Å². The molecule has 0 radical (unpaired) electrons. The van der Waals surface area contributed by atoms with Crippen LogP contribution < -0.4 is 20.9 Å². The highest BCUT2D eigenvalue weighted by molar-refractivity contribution is 5.88. The molecule has 1 unspecified atom stereocenters. The molecular formula is C28H33N9O2. The van der Waals surface area contributed by atoms with Crippen molar-refractivity contribution < 1.29 is 4.74 Å². The topological polar surface area (TPSA) is 126 Å². The van der Waals surface area contributed by atoms with E-state index in [1.807, 2.05) is 43.4 Å². The molecule has 11 nitrogen and oxygen atoms in total. The lowest BCUT2D eigenvalue weighted by atomic mass is 10.1. The molecule has 1 aromatic carbocycles. The quantitative estimate of drug-likeness (QED) is 0.222. The Morgan fingerprint density at radius 2 is 2.08 bits per heavy atom. The zero-order valence-corrected chi connectivity index (χ0v) is 22.2. The van der Waals surface area contributed by atoms with Crippen molar-refractivity contribution in [1.82, 2.24) is 29.2 Å². The summed E-state index contributed by atoms with van der Waals surface area (Å²) in [7, 11) is 3.94. The van der Waals surface area contributed by atoms with Gasteiger partial charge in [0, 0.05) is 49.0 Å². The summed E-state index contributed by atoms with van der Waals surface area (Å²) in [5.41, 5.74) is 2.46. The van der Waals surface area contributed by atoms with Gasteiger partial charge in [0.2, 0.25) is 11.8 Å². The van der Waals surface area contributed by atoms with Crippen LogP contribution in [0.2, 0.25) is 0 Å². The number of nitrogens with zero attached hydrogens (tertiary/aromatic N) is 6. The van der Waals surface area contributed by atoms with Crippen LogP contribution in [0.25, 0.3) is 16.9 Å². The van der Waals surface area contributed by atoms with Crippen LogP contribution in [0, 0.1) is 5.41 Å². The maximum Gasteiger partial charge on any atom is 0.278 e. The van der Waals surface area contributed by atoms with Gasteiger partial charge in [0.05, 0.1) is 6.54 Å². The van der Waals surface area contributed by atoms with Gasteiger partial charge in [0.1, 0.15) is 11.5 Å². The van der Waals surface area contributed by atoms with Crippen LogP contribution >= 0.6 is 0 Å². The lowest BCUT2D eigenvalue weighted by Crippen LogP contribution is -2.23. The minimum atomic E-state index is -0.235. The average molecular weight is 528 g/mol. The molecule has 4 aromatic rings. The molecule has 0 spiro atoms. The lowest BCUT2D eigenvalue weighted by molar-refractivity contribution is 0.175. The van der Waals surface area contributed by atoms with Gasteiger partial charge in [0.25, 0.3) is 5.56 Å². The zero-order valence-electron chi connectivity index (χ0n) is 22.2. The van der Waals surface area contributed by atoms with E-state index in [4.69, 9.17) is 20.1 Å². The first-order valence-electron chi connectivity index (χ1n) is 13.0. The number of ether oxygens (including phenoxy) is 1. The number of hydrogen-bond donors (Lipinski definition) is 3. The van der Waals surface area contributed by atoms with E-state index in [0.29, 0.717) is 34.4 Å². The van der Waals surface area contributed by atoms with E-state index in [0.717, 1.165) is 43.6 Å². The maximum atomic E-state index is 13.3. The predicted octanol–water partition coefficient (Wildman–Crippen LogP) is 3.81. The van der Waals surface area contributed by atoms with Crippen LogP contribution in [0.5, 0.6) is 5.88 Å². The highest BCUT2D eigenvalue weighted by Gasteiger charge is 2.20. The molecule has 3 N–H and O–H groups in total. The fraction of sp³-hybridized carbons (Fsp3) is 0.321. The van der Waals surface area contributed by atoms with Crippen LogP contribution in [0.1, 0.15) is 24.8 Å². The Kier molecular flexibility index (Phi) is 7.69. The smallest absolute Gasteiger partial charge is 0.278 e. The van der Waals surface area contributed by atoms with Crippen molar-refractivity contribution in [3.05, 3.63) is 71.2 Å². The van der Waals surface area contributed by atoms with Crippen LogP contribution in [0.15, 0.2) is 60.0 Å². The number of hydrogen-bond acceptors (Lipinski definition) is 9. The second-order valence-electron chi connectivity index (χ2n) is 9.55. The zero-order chi connectivity index (χ0) is 27.4. The summed E-state index contributed by atoms with van der Waals surface area (Å²) in [5, 5.41) is 14.3. The standard InChI is InChI=1S/C28H33N9O2/c1-4-13-36-27(38)22-18-31-28(32-20-10-11-23(30-2)19(16-20)17-29)34-26(22)37(36)24-8-5-9-25(33-24)39-21-7-6-14-35(3)15-12-21/h4-5,8-11,16-18,21,29-30H,1,6-7,12-15H2,2-3H3,(H,31,32,34). The van der Waals surface area contributed by atoms with E-state index >= 15 is 0 Å². The van der Waals surface area contributed by atoms with Gasteiger partial charge < -0.3 is 25.7 Å². The molecule has 0 amide bonds. The van der Waals surface area contributed by atoms with Crippen molar-refractivity contribution in [2.24, 2.45) is 0 Å². The Morgan fingerprint density at radius 3 is 2.87 bits per heavy atom. The summed E-state index contributed by atoms with van der Waals surface area (Å²) < 4.78 is 9.51. The highest BCUT2D eigenvalue weighted by atomic mass is 16.5. The number of allylic oxidation sites excluding steroid dienone is 1. The molecule has 0 bridgehead atoms. The number of fused-ring (bicyclic) bond motifs is 1. The monoisotopic (exact) mass is 527 g/mol. The first-order chi connectivity index (χ1) is 19.0. The van der Waals surface area contributed by atoms with E-state index in [9.17, 15) is 4.79 Å². The molecule has 39 heavy (non-hydrogen) atoms. The number of aromatic nitrogens is 5. The lowest BCUT2D eigenvalue weighted by Gasteiger charge is -2.17. The minimum Gasteiger partial charge on any atom is -0.474 e. The molecule has 1 aliphatic rings. The molecule has 1 atom stereocenters. The average Bonchev–Trinajstić information content (AvgIpc) is 3.06. The normalized spacial score (nSPS) is 16.0. The molecule has 1 saturated heterocycles. The second-order valence-corrected chi connectivity index (χ2v) is 9.55. The number of pyridine rings is 1. The highest BCUT2D eigenvalue weighted by Crippen LogP contribution is 2.23. The number of anilines is 3. The maximum absolute atomic E-state index is 13.3. The van der Waals surface area contributed by atoms with E-state index in [2.05, 4.69) is 34.1 Å². The van der Waals surface area contributed by atoms with Gasteiger partial charge in [-0.1, -0.05) is 12.1 Å². The van der Waals surface area contributed by atoms with Gasteiger partial charge >= 0.3 is 0 Å². The minimum absolute atomic E-state index is 0.0905. The van der Waals surface area contributed by atoms with Gasteiger partial charge in [-0.15, -0.1) is 6.58 Å². The van der Waals surface area contributed by atoms with Crippen molar-refractivity contribution in [3.63, 3.8) is 0 Å². The van der Waals surface area contributed by atoms with Gasteiger partial charge in [-0.3, -0.25) is 4.79 Å². The molecule has 202 valence electrons. The van der Waals surface area contributed by atoms with Gasteiger partial charge in [0.15, 0.2) is 11.5 Å². The van der Waals surface area contributed by atoms with Crippen LogP contribution in [-0.4, -0.2) is 68.7 Å². The van der Waals surface area contributed by atoms with E-state index in [1.165, 1.54) is 17.1 Å². The Bertz CT molecular complexity index is 1560. The number of nitrogens with one attached hydrogen (secondary N) is 3. The first kappa shape index (κ1) is 26.1. The summed E-state index contributed by atoms with van der Waals surface area (Å²) in [6.07, 6.45) is 7.54. The fourth-order valence-electron chi connectivity index (χ4n) is 4.81. The molecule has 3 aromatic heterocycles. The third kappa shape index (κ3) is 5.53. The van der Waals surface area contributed by atoms with Crippen molar-refractivity contribution in [2.75, 3.05) is 37.8 Å². The Morgan fingerprint density at radius 1 is 1.21 bits per heavy atom. The van der Waals surface area contributed by atoms with Crippen molar-refractivity contribution in [3.8, 4) is 11.7 Å². The van der Waals surface area contributed by atoms with Crippen molar-refractivity contribution in [1.29, 1.82) is 5.41 Å². The number of benzene rings is 1. The third-order valence-electron chi connectivity index (χ3n) is 6.82. The molecule has 1 aliphatic heterocycles. The SMILES string of the molecule is C=CCn1c(=O)c2cnc(Nc3ccc(NC)c(C=N)c3)nc2n1-c1cccc(OC2CCCN(C)CC2)n1. The summed E-state index contributed by atoms with van der Waals surface area (Å²) in [6.45, 7) is 6.14. The summed E-state index contributed by atoms with van der Waals surface area (Å²) in [6, 6.07) is 11.1. The summed E-state index contributed by atoms with van der Waals surface area (Å²) in [5.74, 6) is 1.34. The molecule has 1 fully saturated rings. The van der Waals surface area contributed by atoms with Gasteiger partial charge in [-0.25, -0.2) is 14.3 Å². The molecule has 4 heterocycles. The van der Waals surface area contributed by atoms with Gasteiger partial charge in [-0.2, -0.15) is 9.97 Å². The van der Waals surface area contributed by atoms with Crippen LogP contribution in [-0.2, 0) is 6.54 Å². The second kappa shape index (κ2) is 11.5. The van der Waals surface area contributed by atoms with Crippen LogP contribution in [0.3, 0.4) is 0 Å². The van der Waals surface area contributed by atoms with E-state index in [-0.39, 0.29) is 18.2 Å². The van der Waals surface area contributed by atoms with Crippen molar-refractivity contribution in [2.45, 2.75) is 31.9 Å². The molecular weight excluding hydrogens is 494 g/mol. The molecule has 5 rings (SSSR count). The summed E-state index contributed by atoms with van der Waals surface area (Å²) >= 11 is 0. The fourth-order valence-corrected chi connectivity index (χ4v) is 4.81. The van der Waals surface area contributed by atoms with Gasteiger partial charge in [-0.05, 0) is 57.1 Å². The Labute approximate surface area is 226 Å². The largest absolute Gasteiger partial charge is 0.474 e. The first-order valence-corrected chi connectivity index (χ1v) is 13.0. The predicted molar refractivity (Wildman–Crippen MR) is 154 cm³/mol.